The van der Waals surface area contributed by atoms with Gasteiger partial charge in [-0.25, -0.2) is 0 Å². The van der Waals surface area contributed by atoms with Crippen molar-refractivity contribution in [2.75, 3.05) is 0 Å². The van der Waals surface area contributed by atoms with Gasteiger partial charge in [0.15, 0.2) is 0 Å². The van der Waals surface area contributed by atoms with Crippen molar-refractivity contribution in [2.45, 2.75) is 87.0 Å². The van der Waals surface area contributed by atoms with Crippen LogP contribution >= 0.6 is 0 Å². The Kier molecular flexibility index (Phi) is 6.76. The summed E-state index contributed by atoms with van der Waals surface area (Å²) in [7, 11) is 0. The maximum absolute atomic E-state index is 4.10. The zero-order valence-corrected chi connectivity index (χ0v) is 21.0. The molecule has 3 fully saturated rings. The Labute approximate surface area is 187 Å². The molecule has 0 heterocycles. The summed E-state index contributed by atoms with van der Waals surface area (Å²) in [6, 6.07) is 8.71. The molecule has 30 heavy (non-hydrogen) atoms. The topological polar surface area (TPSA) is 0 Å². The minimum absolute atomic E-state index is 0.652. The van der Waals surface area contributed by atoms with Crippen LogP contribution in [0.15, 0.2) is 48.6 Å². The average Bonchev–Trinajstić information content (AvgIpc) is 3.56. The Morgan fingerprint density at radius 1 is 0.933 bits per heavy atom. The first-order chi connectivity index (χ1) is 14.0. The first kappa shape index (κ1) is 23.4. The van der Waals surface area contributed by atoms with Crippen LogP contribution in [-0.2, 0) is 0 Å². The molecule has 166 valence electrons. The summed E-state index contributed by atoms with van der Waals surface area (Å²) in [5.41, 5.74) is 5.68. The molecule has 0 nitrogen and oxygen atoms in total. The number of hydrogen-bond acceptors (Lipinski definition) is 0. The molecule has 0 heteroatoms. The summed E-state index contributed by atoms with van der Waals surface area (Å²) in [5.74, 6) is 5.19. The first-order valence-corrected chi connectivity index (χ1v) is 12.5. The van der Waals surface area contributed by atoms with Crippen LogP contribution in [0.2, 0.25) is 0 Å². The van der Waals surface area contributed by atoms with E-state index in [9.17, 15) is 0 Å². The molecule has 5 rings (SSSR count). The summed E-state index contributed by atoms with van der Waals surface area (Å²) >= 11 is 0. The summed E-state index contributed by atoms with van der Waals surface area (Å²) in [5, 5.41) is 0. The van der Waals surface area contributed by atoms with Crippen LogP contribution in [0.1, 0.15) is 91.2 Å². The number of rotatable bonds is 3. The van der Waals surface area contributed by atoms with Crippen molar-refractivity contribution in [2.24, 2.45) is 40.4 Å². The molecular weight excluding hydrogens is 360 g/mol. The lowest BCUT2D eigenvalue weighted by Crippen LogP contribution is -2.07. The molecule has 0 aliphatic heterocycles. The number of fused-ring (bicyclic) bond motifs is 2. The van der Waals surface area contributed by atoms with Crippen LogP contribution in [0, 0.1) is 47.3 Å². The molecule has 0 saturated heterocycles. The Morgan fingerprint density at radius 2 is 1.57 bits per heavy atom. The van der Waals surface area contributed by atoms with Crippen LogP contribution in [0.25, 0.3) is 0 Å². The molecule has 1 aromatic rings. The lowest BCUT2D eigenvalue weighted by molar-refractivity contribution is 0.344. The molecule has 0 bridgehead atoms. The summed E-state index contributed by atoms with van der Waals surface area (Å²) in [6.45, 7) is 22.4. The van der Waals surface area contributed by atoms with Crippen LogP contribution in [0.3, 0.4) is 0 Å². The van der Waals surface area contributed by atoms with Crippen LogP contribution in [0.4, 0.5) is 0 Å². The van der Waals surface area contributed by atoms with Gasteiger partial charge in [-0.15, -0.1) is 0 Å². The van der Waals surface area contributed by atoms with Crippen molar-refractivity contribution >= 4 is 0 Å². The number of aryl methyl sites for hydroxylation is 1. The molecule has 1 aromatic carbocycles. The molecular formula is C30H46. The second kappa shape index (κ2) is 8.68. The van der Waals surface area contributed by atoms with Gasteiger partial charge < -0.3 is 0 Å². The molecule has 5 atom stereocenters. The van der Waals surface area contributed by atoms with E-state index < -0.39 is 0 Å². The highest BCUT2D eigenvalue weighted by Crippen LogP contribution is 2.69. The second-order valence-corrected chi connectivity index (χ2v) is 11.7. The average molecular weight is 407 g/mol. The van der Waals surface area contributed by atoms with Crippen molar-refractivity contribution < 1.29 is 0 Å². The Hall–Kier alpha value is -1.30. The van der Waals surface area contributed by atoms with E-state index >= 15 is 0 Å². The van der Waals surface area contributed by atoms with Gasteiger partial charge in [-0.1, -0.05) is 103 Å². The molecule has 0 amide bonds. The van der Waals surface area contributed by atoms with Gasteiger partial charge >= 0.3 is 0 Å². The number of benzene rings is 1. The van der Waals surface area contributed by atoms with Gasteiger partial charge in [-0.3, -0.25) is 0 Å². The fourth-order valence-electron chi connectivity index (χ4n) is 6.10. The van der Waals surface area contributed by atoms with Gasteiger partial charge in [0.25, 0.3) is 0 Å². The summed E-state index contributed by atoms with van der Waals surface area (Å²) in [6.07, 6.45) is 10.5. The third kappa shape index (κ3) is 4.49. The standard InChI is InChI=1S/2C10H16.C10H14/c2*1-7(2)10-5-4-8(3)9(10)6-10;1-8(2)10-6-4-9(3)5-7-10/h4-5,7-9H,6H2,1-3H3;7,9H,3-6H2,1-2H3;4-8H,1-3H3. The van der Waals surface area contributed by atoms with E-state index in [0.717, 1.165) is 35.0 Å². The number of allylic oxidation sites excluding steroid dienone is 3. The zero-order chi connectivity index (χ0) is 22.3. The quantitative estimate of drug-likeness (QED) is 0.439. The highest BCUT2D eigenvalue weighted by atomic mass is 14.6. The van der Waals surface area contributed by atoms with E-state index in [4.69, 9.17) is 0 Å². The molecule has 0 N–H and O–H groups in total. The first-order valence-electron chi connectivity index (χ1n) is 12.5. The molecule has 0 spiro atoms. The van der Waals surface area contributed by atoms with Crippen molar-refractivity contribution in [1.29, 1.82) is 0 Å². The molecule has 4 aliphatic rings. The minimum Gasteiger partial charge on any atom is -0.0996 e. The van der Waals surface area contributed by atoms with E-state index in [0.29, 0.717) is 11.3 Å². The Morgan fingerprint density at radius 3 is 1.83 bits per heavy atom. The normalized spacial score (nSPS) is 34.9. The van der Waals surface area contributed by atoms with Crippen molar-refractivity contribution in [3.63, 3.8) is 0 Å². The largest absolute Gasteiger partial charge is 0.0996 e. The van der Waals surface area contributed by atoms with E-state index in [1.54, 1.807) is 0 Å². The van der Waals surface area contributed by atoms with Crippen molar-refractivity contribution in [1.82, 2.24) is 0 Å². The van der Waals surface area contributed by atoms with Crippen LogP contribution in [-0.4, -0.2) is 0 Å². The van der Waals surface area contributed by atoms with Gasteiger partial charge in [0.2, 0.25) is 0 Å². The Bertz CT molecular complexity index is 762. The molecule has 0 aromatic heterocycles. The molecule has 3 saturated carbocycles. The van der Waals surface area contributed by atoms with E-state index in [1.165, 1.54) is 42.4 Å². The zero-order valence-electron chi connectivity index (χ0n) is 21.0. The second-order valence-electron chi connectivity index (χ2n) is 11.7. The Balaban J connectivity index is 0.000000128. The molecule has 0 radical (unpaired) electrons. The van der Waals surface area contributed by atoms with Gasteiger partial charge in [0.05, 0.1) is 0 Å². The van der Waals surface area contributed by atoms with Gasteiger partial charge in [-0.2, -0.15) is 0 Å². The maximum Gasteiger partial charge on any atom is -0.00579 e. The SMILES string of the molecule is C=C1CCC2(C(C)C)CC12.CC1C=CC2(C(C)C)CC12.Cc1ccc(C(C)C)cc1. The molecule has 5 unspecified atom stereocenters. The number of hydrogen-bond donors (Lipinski definition) is 0. The maximum atomic E-state index is 4.10. The monoisotopic (exact) mass is 406 g/mol. The highest BCUT2D eigenvalue weighted by Gasteiger charge is 2.60. The predicted octanol–water partition coefficient (Wildman–Crippen LogP) is 8.97. The van der Waals surface area contributed by atoms with Gasteiger partial charge in [0, 0.05) is 0 Å². The minimum atomic E-state index is 0.652. The van der Waals surface area contributed by atoms with E-state index in [2.05, 4.69) is 98.4 Å². The fourth-order valence-corrected chi connectivity index (χ4v) is 6.10. The van der Waals surface area contributed by atoms with Gasteiger partial charge in [-0.05, 0) is 84.5 Å². The fraction of sp³-hybridized carbons (Fsp3) is 0.667. The highest BCUT2D eigenvalue weighted by molar-refractivity contribution is 5.27. The van der Waals surface area contributed by atoms with Crippen LogP contribution < -0.4 is 0 Å². The predicted molar refractivity (Wildman–Crippen MR) is 133 cm³/mol. The van der Waals surface area contributed by atoms with Crippen molar-refractivity contribution in [3.8, 4) is 0 Å². The lowest BCUT2D eigenvalue weighted by atomic mass is 9.90. The van der Waals surface area contributed by atoms with E-state index in [-0.39, 0.29) is 0 Å². The van der Waals surface area contributed by atoms with Gasteiger partial charge in [0.1, 0.15) is 0 Å². The summed E-state index contributed by atoms with van der Waals surface area (Å²) in [4.78, 5) is 0. The molecule has 4 aliphatic carbocycles. The van der Waals surface area contributed by atoms with Crippen LogP contribution in [0.5, 0.6) is 0 Å². The third-order valence-corrected chi connectivity index (χ3v) is 8.94. The van der Waals surface area contributed by atoms with E-state index in [1.807, 2.05) is 0 Å². The smallest absolute Gasteiger partial charge is 0.00579 e. The summed E-state index contributed by atoms with van der Waals surface area (Å²) < 4.78 is 0. The third-order valence-electron chi connectivity index (χ3n) is 8.94. The lowest BCUT2D eigenvalue weighted by Gasteiger charge is -2.15. The van der Waals surface area contributed by atoms with Crippen molar-refractivity contribution in [3.05, 3.63) is 59.7 Å².